The van der Waals surface area contributed by atoms with E-state index in [0.717, 1.165) is 12.5 Å². The molecule has 0 aliphatic heterocycles. The second-order valence-corrected chi connectivity index (χ2v) is 13.0. The van der Waals surface area contributed by atoms with Gasteiger partial charge in [0.05, 0.1) is 21.5 Å². The monoisotopic (exact) mass is 490 g/mol. The third kappa shape index (κ3) is 4.72. The van der Waals surface area contributed by atoms with Crippen LogP contribution >= 0.6 is 0 Å². The van der Waals surface area contributed by atoms with Gasteiger partial charge in [0, 0.05) is 23.6 Å². The first-order chi connectivity index (χ1) is 15.0. The minimum absolute atomic E-state index is 0.00138. The number of benzene rings is 2. The predicted octanol–water partition coefficient (Wildman–Crippen LogP) is 3.36. The molecule has 0 atom stereocenters. The zero-order chi connectivity index (χ0) is 24.9. The van der Waals surface area contributed by atoms with Crippen molar-refractivity contribution in [2.75, 3.05) is 12.5 Å². The van der Waals surface area contributed by atoms with E-state index in [2.05, 4.69) is 5.10 Å². The van der Waals surface area contributed by atoms with Gasteiger partial charge in [0.1, 0.15) is 5.56 Å². The van der Waals surface area contributed by atoms with Gasteiger partial charge in [-0.05, 0) is 63.1 Å². The molecule has 8 nitrogen and oxygen atoms in total. The molecule has 33 heavy (non-hydrogen) atoms. The van der Waals surface area contributed by atoms with Crippen molar-refractivity contribution in [3.8, 4) is 17.0 Å². The van der Waals surface area contributed by atoms with Gasteiger partial charge in [0.15, 0.2) is 25.5 Å². The summed E-state index contributed by atoms with van der Waals surface area (Å²) in [4.78, 5) is 13.4. The van der Waals surface area contributed by atoms with E-state index in [0.29, 0.717) is 16.7 Å². The quantitative estimate of drug-likeness (QED) is 0.544. The summed E-state index contributed by atoms with van der Waals surface area (Å²) < 4.78 is 49.9. The summed E-state index contributed by atoms with van der Waals surface area (Å²) in [6, 6.07) is 8.57. The largest absolute Gasteiger partial charge is 0.493 e. The van der Waals surface area contributed by atoms with Crippen molar-refractivity contribution in [1.29, 1.82) is 0 Å². The molecular formula is C23H26N2O6S2. The summed E-state index contributed by atoms with van der Waals surface area (Å²) in [6.07, 6.45) is 3.43. The smallest absolute Gasteiger partial charge is 0.221 e. The number of carbonyl (C=O) groups is 1. The Balaban J connectivity index is 2.23. The Labute approximate surface area is 193 Å². The Morgan fingerprint density at radius 3 is 1.94 bits per heavy atom. The molecule has 10 heteroatoms. The van der Waals surface area contributed by atoms with Crippen LogP contribution in [0.1, 0.15) is 42.3 Å². The maximum absolute atomic E-state index is 13.3. The van der Waals surface area contributed by atoms with Crippen LogP contribution in [-0.4, -0.2) is 50.0 Å². The predicted molar refractivity (Wildman–Crippen MR) is 125 cm³/mol. The van der Waals surface area contributed by atoms with Gasteiger partial charge in [-0.15, -0.1) is 0 Å². The highest BCUT2D eigenvalue weighted by Gasteiger charge is 2.27. The molecular weight excluding hydrogens is 464 g/mol. The number of sulfone groups is 2. The Morgan fingerprint density at radius 2 is 1.48 bits per heavy atom. The molecule has 0 aliphatic carbocycles. The second kappa shape index (κ2) is 8.11. The average Bonchev–Trinajstić information content (AvgIpc) is 3.07. The molecule has 0 bridgehead atoms. The fourth-order valence-electron chi connectivity index (χ4n) is 3.61. The van der Waals surface area contributed by atoms with Crippen molar-refractivity contribution in [2.24, 2.45) is 0 Å². The van der Waals surface area contributed by atoms with Gasteiger partial charge in [-0.25, -0.2) is 21.5 Å². The third-order valence-electron chi connectivity index (χ3n) is 5.27. The number of hydrogen-bond donors (Lipinski definition) is 1. The van der Waals surface area contributed by atoms with Crippen molar-refractivity contribution in [1.82, 2.24) is 9.78 Å². The van der Waals surface area contributed by atoms with Crippen LogP contribution in [0.25, 0.3) is 11.1 Å². The Morgan fingerprint density at radius 1 is 0.909 bits per heavy atom. The third-order valence-corrected chi connectivity index (χ3v) is 7.53. The molecule has 176 valence electrons. The molecule has 0 aliphatic rings. The molecule has 3 rings (SSSR count). The maximum Gasteiger partial charge on any atom is 0.221 e. The van der Waals surface area contributed by atoms with E-state index in [9.17, 15) is 26.7 Å². The van der Waals surface area contributed by atoms with E-state index in [1.807, 2.05) is 20.8 Å². The number of rotatable bonds is 5. The summed E-state index contributed by atoms with van der Waals surface area (Å²) in [6.45, 7) is 7.11. The molecule has 0 radical (unpaired) electrons. The number of hydrogen-bond acceptors (Lipinski definition) is 7. The van der Waals surface area contributed by atoms with E-state index in [4.69, 9.17) is 0 Å². The summed E-state index contributed by atoms with van der Waals surface area (Å²) in [5.41, 5.74) is 0.783. The van der Waals surface area contributed by atoms with Gasteiger partial charge in [0.25, 0.3) is 0 Å². The van der Waals surface area contributed by atoms with Crippen molar-refractivity contribution < 1.29 is 26.7 Å². The fraction of sp³-hybridized carbons (Fsp3) is 0.304. The van der Waals surface area contributed by atoms with Gasteiger partial charge >= 0.3 is 0 Å². The highest BCUT2D eigenvalue weighted by Crippen LogP contribution is 2.35. The minimum Gasteiger partial charge on any atom is -0.493 e. The lowest BCUT2D eigenvalue weighted by molar-refractivity contribution is 0.103. The first-order valence-electron chi connectivity index (χ1n) is 10.00. The van der Waals surface area contributed by atoms with Crippen LogP contribution in [-0.2, 0) is 25.2 Å². The van der Waals surface area contributed by atoms with E-state index >= 15 is 0 Å². The molecule has 1 aromatic heterocycles. The van der Waals surface area contributed by atoms with E-state index in [1.165, 1.54) is 47.3 Å². The Kier molecular flexibility index (Phi) is 6.06. The van der Waals surface area contributed by atoms with Crippen molar-refractivity contribution >= 4 is 25.5 Å². The van der Waals surface area contributed by atoms with Crippen LogP contribution in [0.3, 0.4) is 0 Å². The molecule has 0 saturated heterocycles. The number of aromatic nitrogens is 2. The maximum atomic E-state index is 13.3. The molecule has 0 saturated carbocycles. The lowest BCUT2D eigenvalue weighted by atomic mass is 9.93. The summed E-state index contributed by atoms with van der Waals surface area (Å²) in [5, 5.41) is 14.7. The van der Waals surface area contributed by atoms with E-state index < -0.39 is 31.0 Å². The number of carbonyl (C=O) groups excluding carboxylic acids is 1. The van der Waals surface area contributed by atoms with Gasteiger partial charge in [-0.3, -0.25) is 4.79 Å². The van der Waals surface area contributed by atoms with Crippen LogP contribution in [0.15, 0.2) is 52.4 Å². The van der Waals surface area contributed by atoms with Gasteiger partial charge < -0.3 is 5.11 Å². The molecule has 0 amide bonds. The fourth-order valence-corrected chi connectivity index (χ4v) is 5.19. The van der Waals surface area contributed by atoms with Crippen LogP contribution < -0.4 is 0 Å². The van der Waals surface area contributed by atoms with E-state index in [-0.39, 0.29) is 26.8 Å². The molecule has 1 N–H and O–H groups in total. The van der Waals surface area contributed by atoms with Gasteiger partial charge in [0.2, 0.25) is 5.88 Å². The second-order valence-electron chi connectivity index (χ2n) is 8.97. The van der Waals surface area contributed by atoms with Gasteiger partial charge in [-0.2, -0.15) is 5.10 Å². The molecule has 1 heterocycles. The summed E-state index contributed by atoms with van der Waals surface area (Å²) >= 11 is 0. The number of nitrogens with zero attached hydrogens (tertiary/aromatic N) is 2. The normalized spacial score (nSPS) is 12.7. The van der Waals surface area contributed by atoms with Crippen LogP contribution in [0.4, 0.5) is 0 Å². The summed E-state index contributed by atoms with van der Waals surface area (Å²) in [5.74, 6) is -0.785. The average molecular weight is 491 g/mol. The Hall–Kier alpha value is -2.98. The molecule has 3 aromatic rings. The first-order valence-corrected chi connectivity index (χ1v) is 13.8. The molecule has 2 aromatic carbocycles. The van der Waals surface area contributed by atoms with Crippen molar-refractivity contribution in [3.05, 3.63) is 59.3 Å². The lowest BCUT2D eigenvalue weighted by Crippen LogP contribution is -2.22. The van der Waals surface area contributed by atoms with Crippen molar-refractivity contribution in [2.45, 2.75) is 43.0 Å². The van der Waals surface area contributed by atoms with E-state index in [1.54, 1.807) is 6.92 Å². The van der Waals surface area contributed by atoms with Crippen LogP contribution in [0.2, 0.25) is 0 Å². The topological polar surface area (TPSA) is 123 Å². The van der Waals surface area contributed by atoms with Crippen LogP contribution in [0.5, 0.6) is 5.88 Å². The number of ketones is 1. The first kappa shape index (κ1) is 24.7. The SMILES string of the molecule is Cc1c(C(=O)c2cnn(C(C)(C)C)c2O)ccc(S(C)(=O)=O)c1-c1ccc(S(C)(=O)=O)cc1. The Bertz CT molecular complexity index is 1460. The lowest BCUT2D eigenvalue weighted by Gasteiger charge is -2.20. The zero-order valence-electron chi connectivity index (χ0n) is 19.2. The zero-order valence-corrected chi connectivity index (χ0v) is 20.9. The highest BCUT2D eigenvalue weighted by atomic mass is 32.2. The molecule has 0 unspecified atom stereocenters. The van der Waals surface area contributed by atoms with Crippen molar-refractivity contribution in [3.63, 3.8) is 0 Å². The number of aromatic hydroxyl groups is 1. The summed E-state index contributed by atoms with van der Waals surface area (Å²) in [7, 11) is -7.10. The highest BCUT2D eigenvalue weighted by molar-refractivity contribution is 7.91. The molecule has 0 fully saturated rings. The van der Waals surface area contributed by atoms with Gasteiger partial charge in [-0.1, -0.05) is 12.1 Å². The van der Waals surface area contributed by atoms with Crippen LogP contribution in [0, 0.1) is 6.92 Å². The molecule has 0 spiro atoms. The standard InChI is InChI=1S/C23H26N2O6S2/c1-14-17(21(26)18-13-24-25(22(18)27)23(2,3)4)11-12-19(33(6,30)31)20(14)15-7-9-16(10-8-15)32(5,28)29/h7-13,27H,1-6H3. The minimum atomic E-state index is -3.67.